The van der Waals surface area contributed by atoms with Crippen LogP contribution in [0.4, 0.5) is 0 Å². The second-order valence-corrected chi connectivity index (χ2v) is 11.5. The summed E-state index contributed by atoms with van der Waals surface area (Å²) in [5.41, 5.74) is 9.28. The fourth-order valence-electron chi connectivity index (χ4n) is 5.31. The second-order valence-electron chi connectivity index (χ2n) is 11.5. The van der Waals surface area contributed by atoms with Crippen molar-refractivity contribution in [3.8, 4) is 0 Å². The van der Waals surface area contributed by atoms with Gasteiger partial charge in [0.1, 0.15) is 18.1 Å². The van der Waals surface area contributed by atoms with Crippen molar-refractivity contribution in [2.45, 2.75) is 70.1 Å². The number of aromatic nitrogens is 2. The van der Waals surface area contributed by atoms with Crippen LogP contribution in [0.3, 0.4) is 0 Å². The summed E-state index contributed by atoms with van der Waals surface area (Å²) in [5.74, 6) is -4.79. The fraction of sp³-hybridized carbons (Fsp3) is 0.364. The smallest absolute Gasteiger partial charge is 0.326 e. The third-order valence-electron chi connectivity index (χ3n) is 8.29. The van der Waals surface area contributed by atoms with Gasteiger partial charge in [0.15, 0.2) is 0 Å². The Morgan fingerprint density at radius 3 is 1.65 bits per heavy atom. The molecule has 0 aliphatic heterocycles. The summed E-state index contributed by atoms with van der Waals surface area (Å²) < 4.78 is 0. The van der Waals surface area contributed by atoms with Gasteiger partial charge >= 0.3 is 11.9 Å². The van der Waals surface area contributed by atoms with Gasteiger partial charge in [0.25, 0.3) is 0 Å². The Labute approximate surface area is 265 Å². The number of aromatic amines is 2. The number of nitrogens with one attached hydrogen (secondary N) is 5. The number of rotatable bonds is 16. The molecule has 4 rings (SSSR count). The van der Waals surface area contributed by atoms with Crippen LogP contribution in [-0.2, 0) is 36.8 Å². The third-order valence-corrected chi connectivity index (χ3v) is 8.29. The number of aliphatic carboxylic acids is 2. The Bertz CT molecular complexity index is 1710. The Hall–Kier alpha value is -5.17. The van der Waals surface area contributed by atoms with Crippen LogP contribution in [0.2, 0.25) is 0 Å². The lowest BCUT2D eigenvalue weighted by molar-refractivity contribution is -0.143. The first-order chi connectivity index (χ1) is 22.0. The van der Waals surface area contributed by atoms with Gasteiger partial charge in [0.05, 0.1) is 6.04 Å². The number of amides is 3. The topological polar surface area (TPSA) is 219 Å². The van der Waals surface area contributed by atoms with Crippen molar-refractivity contribution < 1.29 is 34.2 Å². The average molecular weight is 633 g/mol. The van der Waals surface area contributed by atoms with E-state index in [9.17, 15) is 29.1 Å². The minimum Gasteiger partial charge on any atom is -0.481 e. The van der Waals surface area contributed by atoms with Crippen molar-refractivity contribution >= 4 is 51.5 Å². The van der Waals surface area contributed by atoms with Crippen LogP contribution in [0.15, 0.2) is 60.9 Å². The zero-order valence-electron chi connectivity index (χ0n) is 25.7. The Morgan fingerprint density at radius 1 is 0.739 bits per heavy atom. The highest BCUT2D eigenvalue weighted by Gasteiger charge is 2.32. The average Bonchev–Trinajstić information content (AvgIpc) is 3.65. The van der Waals surface area contributed by atoms with Crippen LogP contribution in [0.1, 0.15) is 44.2 Å². The number of hydrogen-bond donors (Lipinski definition) is 8. The predicted molar refractivity (Wildman–Crippen MR) is 172 cm³/mol. The molecule has 13 nitrogen and oxygen atoms in total. The van der Waals surface area contributed by atoms with Crippen molar-refractivity contribution in [2.75, 3.05) is 0 Å². The Kier molecular flexibility index (Phi) is 11.2. The summed E-state index contributed by atoms with van der Waals surface area (Å²) in [6.07, 6.45) is 3.32. The van der Waals surface area contributed by atoms with E-state index in [-0.39, 0.29) is 25.2 Å². The van der Waals surface area contributed by atoms with E-state index in [1.54, 1.807) is 12.4 Å². The molecule has 0 bridgehead atoms. The molecular weight excluding hydrogens is 592 g/mol. The fourth-order valence-corrected chi connectivity index (χ4v) is 5.31. The Balaban J connectivity index is 1.64. The molecule has 2 aromatic carbocycles. The normalized spacial score (nSPS) is 14.6. The van der Waals surface area contributed by atoms with Gasteiger partial charge in [-0.15, -0.1) is 0 Å². The SMILES string of the molecule is CCC(C)C(N)C(=O)NC(Cc1c[nH]c2ccccc12)C(=O)NC(Cc1c[nH]c2ccccc12)C(=O)NC(CCC(=O)O)C(=O)O. The summed E-state index contributed by atoms with van der Waals surface area (Å²) in [5, 5.41) is 28.3. The maximum atomic E-state index is 14.0. The van der Waals surface area contributed by atoms with Crippen molar-refractivity contribution in [3.05, 3.63) is 72.1 Å². The number of H-pyrrole nitrogens is 2. The zero-order valence-corrected chi connectivity index (χ0v) is 25.7. The third kappa shape index (κ3) is 8.30. The highest BCUT2D eigenvalue weighted by atomic mass is 16.4. The number of carboxylic acid groups (broad SMARTS) is 2. The first kappa shape index (κ1) is 33.7. The predicted octanol–water partition coefficient (Wildman–Crippen LogP) is 2.21. The number of benzene rings is 2. The number of nitrogens with two attached hydrogens (primary N) is 1. The van der Waals surface area contributed by atoms with Crippen LogP contribution < -0.4 is 21.7 Å². The molecule has 3 amide bonds. The molecule has 0 saturated carbocycles. The molecule has 0 radical (unpaired) electrons. The van der Waals surface area contributed by atoms with Crippen molar-refractivity contribution in [1.82, 2.24) is 25.9 Å². The van der Waals surface area contributed by atoms with E-state index in [0.29, 0.717) is 12.0 Å². The number of para-hydroxylation sites is 2. The van der Waals surface area contributed by atoms with Crippen LogP contribution in [0.25, 0.3) is 21.8 Å². The molecule has 0 saturated heterocycles. The van der Waals surface area contributed by atoms with Crippen LogP contribution in [0, 0.1) is 5.92 Å². The van der Waals surface area contributed by atoms with Crippen LogP contribution in [0.5, 0.6) is 0 Å². The molecule has 2 heterocycles. The van der Waals surface area contributed by atoms with E-state index in [4.69, 9.17) is 10.8 Å². The first-order valence-electron chi connectivity index (χ1n) is 15.2. The summed E-state index contributed by atoms with van der Waals surface area (Å²) in [6, 6.07) is 10.1. The van der Waals surface area contributed by atoms with Gasteiger partial charge in [-0.05, 0) is 35.6 Å². The van der Waals surface area contributed by atoms with Crippen LogP contribution >= 0.6 is 0 Å². The molecule has 5 atom stereocenters. The van der Waals surface area contributed by atoms with Gasteiger partial charge in [-0.25, -0.2) is 4.79 Å². The lowest BCUT2D eigenvalue weighted by Crippen LogP contribution is -2.58. The van der Waals surface area contributed by atoms with Crippen molar-refractivity contribution in [3.63, 3.8) is 0 Å². The highest BCUT2D eigenvalue weighted by molar-refractivity contribution is 5.95. The minimum atomic E-state index is -1.50. The number of fused-ring (bicyclic) bond motifs is 2. The van der Waals surface area contributed by atoms with Gasteiger partial charge in [-0.2, -0.15) is 0 Å². The number of carboxylic acids is 2. The van der Waals surface area contributed by atoms with E-state index in [2.05, 4.69) is 25.9 Å². The lowest BCUT2D eigenvalue weighted by Gasteiger charge is -2.26. The van der Waals surface area contributed by atoms with Crippen molar-refractivity contribution in [2.24, 2.45) is 11.7 Å². The molecule has 0 aliphatic carbocycles. The summed E-state index contributed by atoms with van der Waals surface area (Å²) >= 11 is 0. The molecule has 9 N–H and O–H groups in total. The maximum Gasteiger partial charge on any atom is 0.326 e. The van der Waals surface area contributed by atoms with Gasteiger partial charge in [0, 0.05) is 53.5 Å². The lowest BCUT2D eigenvalue weighted by atomic mass is 9.97. The number of hydrogen-bond acceptors (Lipinski definition) is 6. The van der Waals surface area contributed by atoms with Gasteiger partial charge in [-0.1, -0.05) is 56.7 Å². The van der Waals surface area contributed by atoms with E-state index >= 15 is 0 Å². The summed E-state index contributed by atoms with van der Waals surface area (Å²) in [6.45, 7) is 3.74. The van der Waals surface area contributed by atoms with Gasteiger partial charge in [-0.3, -0.25) is 19.2 Å². The molecule has 0 fully saturated rings. The largest absolute Gasteiger partial charge is 0.481 e. The second kappa shape index (κ2) is 15.2. The standard InChI is InChI=1S/C33H40N6O7/c1-3-18(2)29(34)32(44)39-27(15-20-17-36-24-11-7-5-9-22(20)24)31(43)38-26(14-19-16-35-23-10-6-4-8-21(19)23)30(42)37-25(33(45)46)12-13-28(40)41/h4-11,16-18,25-27,29,35-36H,3,12-15,34H2,1-2H3,(H,37,42)(H,38,43)(H,39,44)(H,40,41)(H,45,46). The molecule has 0 spiro atoms. The van der Waals surface area contributed by atoms with Gasteiger partial charge in [0.2, 0.25) is 17.7 Å². The first-order valence-corrected chi connectivity index (χ1v) is 15.2. The summed E-state index contributed by atoms with van der Waals surface area (Å²) in [4.78, 5) is 70.1. The molecule has 2 aromatic heterocycles. The molecule has 46 heavy (non-hydrogen) atoms. The minimum absolute atomic E-state index is 0.0208. The number of carbonyl (C=O) groups excluding carboxylic acids is 3. The van der Waals surface area contributed by atoms with E-state index in [1.165, 1.54) is 0 Å². The molecule has 13 heteroatoms. The van der Waals surface area contributed by atoms with E-state index < -0.39 is 60.2 Å². The highest BCUT2D eigenvalue weighted by Crippen LogP contribution is 2.21. The molecule has 4 aromatic rings. The number of carbonyl (C=O) groups is 5. The monoisotopic (exact) mass is 632 g/mol. The molecule has 0 aliphatic rings. The Morgan fingerprint density at radius 2 is 1.20 bits per heavy atom. The maximum absolute atomic E-state index is 14.0. The van der Waals surface area contributed by atoms with Crippen LogP contribution in [-0.4, -0.2) is 74.0 Å². The zero-order chi connectivity index (χ0) is 33.4. The quantitative estimate of drug-likeness (QED) is 0.0913. The van der Waals surface area contributed by atoms with Crippen molar-refractivity contribution in [1.29, 1.82) is 0 Å². The van der Waals surface area contributed by atoms with Gasteiger partial charge < -0.3 is 41.9 Å². The summed E-state index contributed by atoms with van der Waals surface area (Å²) in [7, 11) is 0. The molecular formula is C33H40N6O7. The van der Waals surface area contributed by atoms with E-state index in [0.717, 1.165) is 27.4 Å². The molecule has 244 valence electrons. The van der Waals surface area contributed by atoms with E-state index in [1.807, 2.05) is 62.4 Å². The molecule has 5 unspecified atom stereocenters.